The van der Waals surface area contributed by atoms with Crippen LogP contribution < -0.4 is 5.73 Å². The van der Waals surface area contributed by atoms with E-state index < -0.39 is 0 Å². The summed E-state index contributed by atoms with van der Waals surface area (Å²) in [7, 11) is 0. The highest BCUT2D eigenvalue weighted by atomic mass is 14.5. The Kier molecular flexibility index (Phi) is 12.5. The molecule has 1 heteroatoms. The zero-order valence-corrected chi connectivity index (χ0v) is 28.8. The van der Waals surface area contributed by atoms with Crippen molar-refractivity contribution in [2.45, 2.75) is 27.2 Å². The monoisotopic (exact) mass is 635 g/mol. The molecule has 0 aromatic heterocycles. The van der Waals surface area contributed by atoms with Crippen LogP contribution in [-0.4, -0.2) is 0 Å². The lowest BCUT2D eigenvalue weighted by molar-refractivity contribution is 1.20. The molecular formula is C48H45N. The van der Waals surface area contributed by atoms with Gasteiger partial charge in [-0.1, -0.05) is 193 Å². The summed E-state index contributed by atoms with van der Waals surface area (Å²) in [5.41, 5.74) is 15.6. The van der Waals surface area contributed by atoms with E-state index in [1.54, 1.807) is 0 Å². The Bertz CT molecular complexity index is 2100. The molecule has 0 atom stereocenters. The van der Waals surface area contributed by atoms with Crippen LogP contribution in [0.1, 0.15) is 27.8 Å². The minimum Gasteiger partial charge on any atom is -0.399 e. The minimum atomic E-state index is 0.806. The lowest BCUT2D eigenvalue weighted by atomic mass is 10.0. The molecule has 8 aromatic carbocycles. The van der Waals surface area contributed by atoms with Gasteiger partial charge in [-0.3, -0.25) is 0 Å². The van der Waals surface area contributed by atoms with E-state index in [9.17, 15) is 0 Å². The van der Waals surface area contributed by atoms with Gasteiger partial charge in [-0.2, -0.15) is 0 Å². The maximum atomic E-state index is 5.63. The van der Waals surface area contributed by atoms with Crippen molar-refractivity contribution in [1.29, 1.82) is 0 Å². The fourth-order valence-electron chi connectivity index (χ4n) is 5.52. The van der Waals surface area contributed by atoms with E-state index in [-0.39, 0.29) is 0 Å². The molecule has 0 saturated heterocycles. The van der Waals surface area contributed by atoms with Gasteiger partial charge in [-0.25, -0.2) is 0 Å². The first-order chi connectivity index (χ1) is 23.9. The summed E-state index contributed by atoms with van der Waals surface area (Å²) < 4.78 is 0. The molecule has 2 N–H and O–H groups in total. The SMILES string of the molecule is Cc1ccc(-c2ccc(N)cc2)cc1.Cc1cccc2ccccc12.Cc1ccccc1.c1ccc(Cc2ccc3ccccc3c2)cc1. The lowest BCUT2D eigenvalue weighted by Gasteiger charge is -2.04. The van der Waals surface area contributed by atoms with Crippen LogP contribution in [0.15, 0.2) is 194 Å². The first-order valence-corrected chi connectivity index (χ1v) is 16.8. The third-order valence-electron chi connectivity index (χ3n) is 8.31. The number of hydrogen-bond donors (Lipinski definition) is 1. The Labute approximate surface area is 292 Å². The van der Waals surface area contributed by atoms with Crippen LogP contribution in [0.5, 0.6) is 0 Å². The second kappa shape index (κ2) is 17.8. The number of benzene rings is 8. The Morgan fingerprint density at radius 1 is 0.367 bits per heavy atom. The van der Waals surface area contributed by atoms with Gasteiger partial charge in [0, 0.05) is 5.69 Å². The summed E-state index contributed by atoms with van der Waals surface area (Å²) in [4.78, 5) is 0. The number of fused-ring (bicyclic) bond motifs is 2. The molecule has 0 spiro atoms. The zero-order valence-electron chi connectivity index (χ0n) is 28.8. The van der Waals surface area contributed by atoms with Crippen LogP contribution in [0.4, 0.5) is 5.69 Å². The number of aryl methyl sites for hydroxylation is 3. The topological polar surface area (TPSA) is 26.0 Å². The smallest absolute Gasteiger partial charge is 0.0314 e. The van der Waals surface area contributed by atoms with E-state index in [2.05, 4.69) is 172 Å². The zero-order chi connectivity index (χ0) is 34.3. The van der Waals surface area contributed by atoms with Gasteiger partial charge in [0.25, 0.3) is 0 Å². The molecule has 0 unspecified atom stereocenters. The van der Waals surface area contributed by atoms with E-state index in [1.807, 2.05) is 42.5 Å². The van der Waals surface area contributed by atoms with E-state index in [4.69, 9.17) is 5.73 Å². The van der Waals surface area contributed by atoms with Crippen LogP contribution in [0.2, 0.25) is 0 Å². The molecule has 242 valence electrons. The summed E-state index contributed by atoms with van der Waals surface area (Å²) in [5, 5.41) is 5.31. The summed E-state index contributed by atoms with van der Waals surface area (Å²) in [6.07, 6.45) is 1.01. The molecule has 8 rings (SSSR count). The van der Waals surface area contributed by atoms with E-state index in [0.717, 1.165) is 12.1 Å². The van der Waals surface area contributed by atoms with E-state index in [1.165, 1.54) is 60.5 Å². The summed E-state index contributed by atoms with van der Waals surface area (Å²) in [5.74, 6) is 0. The van der Waals surface area contributed by atoms with Gasteiger partial charge in [0.05, 0.1) is 0 Å². The van der Waals surface area contributed by atoms with Gasteiger partial charge in [0.1, 0.15) is 0 Å². The highest BCUT2D eigenvalue weighted by Crippen LogP contribution is 2.21. The standard InChI is InChI=1S/C17H14.C13H13N.C11H10.C7H8/c1-2-6-14(7-3-1)12-15-10-11-16-8-4-5-9-17(16)13-15;1-10-2-4-11(5-3-10)12-6-8-13(14)9-7-12;1-9-5-4-7-10-6-2-3-8-11(9)10;1-7-5-3-2-4-6-7/h1-11,13H,12H2;2-9H,14H2,1H3;2-8H,1H3;2-6H,1H3. The van der Waals surface area contributed by atoms with E-state index >= 15 is 0 Å². The Hall–Kier alpha value is -5.92. The first-order valence-electron chi connectivity index (χ1n) is 16.8. The highest BCUT2D eigenvalue weighted by Gasteiger charge is 1.98. The molecule has 8 aromatic rings. The molecule has 0 bridgehead atoms. The molecule has 0 heterocycles. The summed E-state index contributed by atoms with van der Waals surface area (Å²) in [6.45, 7) is 6.31. The van der Waals surface area contributed by atoms with Crippen molar-refractivity contribution >= 4 is 27.2 Å². The molecule has 0 aliphatic carbocycles. The average Bonchev–Trinajstić information content (AvgIpc) is 3.14. The molecule has 0 amide bonds. The molecule has 49 heavy (non-hydrogen) atoms. The minimum absolute atomic E-state index is 0.806. The van der Waals surface area contributed by atoms with Gasteiger partial charge in [-0.05, 0) is 88.7 Å². The fraction of sp³-hybridized carbons (Fsp3) is 0.0833. The van der Waals surface area contributed by atoms with Crippen molar-refractivity contribution in [3.63, 3.8) is 0 Å². The molecule has 0 radical (unpaired) electrons. The van der Waals surface area contributed by atoms with Crippen molar-refractivity contribution < 1.29 is 0 Å². The van der Waals surface area contributed by atoms with E-state index in [0.29, 0.717) is 0 Å². The Morgan fingerprint density at radius 3 is 1.49 bits per heavy atom. The summed E-state index contributed by atoms with van der Waals surface area (Å²) in [6, 6.07) is 67.3. The van der Waals surface area contributed by atoms with Gasteiger partial charge in [-0.15, -0.1) is 0 Å². The second-order valence-electron chi connectivity index (χ2n) is 12.3. The number of rotatable bonds is 3. The predicted molar refractivity (Wildman–Crippen MR) is 214 cm³/mol. The molecule has 0 aliphatic heterocycles. The lowest BCUT2D eigenvalue weighted by Crippen LogP contribution is -1.87. The number of hydrogen-bond acceptors (Lipinski definition) is 1. The molecule has 1 nitrogen and oxygen atoms in total. The quantitative estimate of drug-likeness (QED) is 0.192. The number of anilines is 1. The Morgan fingerprint density at radius 2 is 0.878 bits per heavy atom. The van der Waals surface area contributed by atoms with Crippen molar-refractivity contribution in [2.75, 3.05) is 5.73 Å². The predicted octanol–water partition coefficient (Wildman–Crippen LogP) is 12.8. The third kappa shape index (κ3) is 10.8. The maximum Gasteiger partial charge on any atom is 0.0314 e. The molecular weight excluding hydrogens is 591 g/mol. The van der Waals surface area contributed by atoms with Gasteiger partial charge < -0.3 is 5.73 Å². The van der Waals surface area contributed by atoms with Crippen LogP contribution in [-0.2, 0) is 6.42 Å². The normalized spacial score (nSPS) is 10.1. The summed E-state index contributed by atoms with van der Waals surface area (Å²) >= 11 is 0. The third-order valence-corrected chi connectivity index (χ3v) is 8.31. The molecule has 0 aliphatic rings. The molecule has 0 fully saturated rings. The van der Waals surface area contributed by atoms with Crippen LogP contribution in [0.3, 0.4) is 0 Å². The number of nitrogen functional groups attached to an aromatic ring is 1. The fourth-order valence-corrected chi connectivity index (χ4v) is 5.52. The van der Waals surface area contributed by atoms with Crippen LogP contribution >= 0.6 is 0 Å². The van der Waals surface area contributed by atoms with Crippen LogP contribution in [0.25, 0.3) is 32.7 Å². The number of nitrogens with two attached hydrogens (primary N) is 1. The van der Waals surface area contributed by atoms with Gasteiger partial charge in [0.2, 0.25) is 0 Å². The van der Waals surface area contributed by atoms with Crippen molar-refractivity contribution in [1.82, 2.24) is 0 Å². The largest absolute Gasteiger partial charge is 0.399 e. The first kappa shape index (κ1) is 34.4. The highest BCUT2D eigenvalue weighted by molar-refractivity contribution is 5.85. The second-order valence-corrected chi connectivity index (χ2v) is 12.3. The van der Waals surface area contributed by atoms with Crippen molar-refractivity contribution in [3.8, 4) is 11.1 Å². The maximum absolute atomic E-state index is 5.63. The molecule has 0 saturated carbocycles. The van der Waals surface area contributed by atoms with Crippen molar-refractivity contribution in [2.24, 2.45) is 0 Å². The van der Waals surface area contributed by atoms with Gasteiger partial charge in [0.15, 0.2) is 0 Å². The average molecular weight is 636 g/mol. The Balaban J connectivity index is 0.000000133. The van der Waals surface area contributed by atoms with Crippen LogP contribution in [0, 0.1) is 20.8 Å². The van der Waals surface area contributed by atoms with Gasteiger partial charge >= 0.3 is 0 Å². The van der Waals surface area contributed by atoms with Crippen molar-refractivity contribution in [3.05, 3.63) is 222 Å².